The molecule has 0 spiro atoms. The summed E-state index contributed by atoms with van der Waals surface area (Å²) in [5, 5.41) is 0. The summed E-state index contributed by atoms with van der Waals surface area (Å²) >= 11 is 0. The van der Waals surface area contributed by atoms with E-state index < -0.39 is 0 Å². The SMILES string of the molecule is C=CCCN1C(=O)C2CCCCC2C1=O. The van der Waals surface area contributed by atoms with Gasteiger partial charge in [-0.15, -0.1) is 6.58 Å². The largest absolute Gasteiger partial charge is 0.282 e. The number of carbonyl (C=O) groups is 2. The van der Waals surface area contributed by atoms with Crippen LogP contribution < -0.4 is 0 Å². The Morgan fingerprint density at radius 2 is 1.73 bits per heavy atom. The van der Waals surface area contributed by atoms with Crippen molar-refractivity contribution < 1.29 is 9.59 Å². The molecule has 1 saturated heterocycles. The number of likely N-dealkylation sites (tertiary alicyclic amines) is 1. The smallest absolute Gasteiger partial charge is 0.233 e. The summed E-state index contributed by atoms with van der Waals surface area (Å²) in [6, 6.07) is 0. The molecule has 1 heterocycles. The average Bonchev–Trinajstić information content (AvgIpc) is 2.51. The molecule has 0 radical (unpaired) electrons. The number of rotatable bonds is 3. The van der Waals surface area contributed by atoms with Gasteiger partial charge in [-0.05, 0) is 19.3 Å². The van der Waals surface area contributed by atoms with Gasteiger partial charge >= 0.3 is 0 Å². The van der Waals surface area contributed by atoms with Gasteiger partial charge in [-0.1, -0.05) is 18.9 Å². The molecule has 2 atom stereocenters. The monoisotopic (exact) mass is 207 g/mol. The van der Waals surface area contributed by atoms with Crippen LogP contribution in [0.5, 0.6) is 0 Å². The van der Waals surface area contributed by atoms with E-state index in [-0.39, 0.29) is 23.7 Å². The second kappa shape index (κ2) is 4.17. The zero-order valence-corrected chi connectivity index (χ0v) is 8.95. The lowest BCUT2D eigenvalue weighted by Gasteiger charge is -2.19. The van der Waals surface area contributed by atoms with Crippen molar-refractivity contribution >= 4 is 11.8 Å². The topological polar surface area (TPSA) is 37.4 Å². The first-order chi connectivity index (χ1) is 7.25. The number of hydrogen-bond acceptors (Lipinski definition) is 2. The molecule has 3 nitrogen and oxygen atoms in total. The quantitative estimate of drug-likeness (QED) is 0.522. The Kier molecular flexibility index (Phi) is 2.89. The predicted octanol–water partition coefficient (Wildman–Crippen LogP) is 1.74. The highest BCUT2D eigenvalue weighted by Crippen LogP contribution is 2.37. The van der Waals surface area contributed by atoms with Gasteiger partial charge in [-0.3, -0.25) is 14.5 Å². The van der Waals surface area contributed by atoms with Crippen LogP contribution in [0.4, 0.5) is 0 Å². The van der Waals surface area contributed by atoms with Gasteiger partial charge in [0.2, 0.25) is 11.8 Å². The highest BCUT2D eigenvalue weighted by molar-refractivity contribution is 6.05. The maximum Gasteiger partial charge on any atom is 0.233 e. The fraction of sp³-hybridized carbons (Fsp3) is 0.667. The molecule has 0 bridgehead atoms. The van der Waals surface area contributed by atoms with Gasteiger partial charge in [0.05, 0.1) is 11.8 Å². The molecule has 0 aromatic heterocycles. The molecule has 0 aromatic rings. The summed E-state index contributed by atoms with van der Waals surface area (Å²) in [5.74, 6) is 0.116. The Bertz CT molecular complexity index is 274. The summed E-state index contributed by atoms with van der Waals surface area (Å²) in [5.41, 5.74) is 0. The van der Waals surface area contributed by atoms with Gasteiger partial charge in [0.1, 0.15) is 0 Å². The van der Waals surface area contributed by atoms with Crippen LogP contribution >= 0.6 is 0 Å². The van der Waals surface area contributed by atoms with Crippen LogP contribution in [0.25, 0.3) is 0 Å². The van der Waals surface area contributed by atoms with Gasteiger partial charge < -0.3 is 0 Å². The zero-order valence-electron chi connectivity index (χ0n) is 8.95. The van der Waals surface area contributed by atoms with Crippen molar-refractivity contribution in [3.05, 3.63) is 12.7 Å². The van der Waals surface area contributed by atoms with Crippen molar-refractivity contribution in [2.24, 2.45) is 11.8 Å². The molecule has 0 N–H and O–H groups in total. The third-order valence-corrected chi connectivity index (χ3v) is 3.49. The molecular formula is C12H17NO2. The van der Waals surface area contributed by atoms with E-state index in [1.54, 1.807) is 6.08 Å². The highest BCUT2D eigenvalue weighted by atomic mass is 16.2. The zero-order chi connectivity index (χ0) is 10.8. The number of fused-ring (bicyclic) bond motifs is 1. The molecule has 2 rings (SSSR count). The van der Waals surface area contributed by atoms with Crippen molar-refractivity contribution in [3.63, 3.8) is 0 Å². The van der Waals surface area contributed by atoms with Gasteiger partial charge in [-0.2, -0.15) is 0 Å². The van der Waals surface area contributed by atoms with E-state index in [1.807, 2.05) is 0 Å². The second-order valence-electron chi connectivity index (χ2n) is 4.40. The number of hydrogen-bond donors (Lipinski definition) is 0. The molecule has 2 unspecified atom stereocenters. The van der Waals surface area contributed by atoms with Crippen LogP contribution in [-0.4, -0.2) is 23.3 Å². The first kappa shape index (κ1) is 10.4. The molecule has 2 aliphatic rings. The van der Waals surface area contributed by atoms with Crippen LogP contribution in [0.3, 0.4) is 0 Å². The summed E-state index contributed by atoms with van der Waals surface area (Å²) < 4.78 is 0. The first-order valence-electron chi connectivity index (χ1n) is 5.72. The lowest BCUT2D eigenvalue weighted by molar-refractivity contribution is -0.139. The van der Waals surface area contributed by atoms with Gasteiger partial charge in [-0.25, -0.2) is 0 Å². The molecule has 15 heavy (non-hydrogen) atoms. The molecule has 0 aromatic carbocycles. The van der Waals surface area contributed by atoms with Crippen molar-refractivity contribution in [1.82, 2.24) is 4.90 Å². The number of carbonyl (C=O) groups excluding carboxylic acids is 2. The standard InChI is InChI=1S/C12H17NO2/c1-2-3-8-13-11(14)9-6-4-5-7-10(9)12(13)15/h2,9-10H,1,3-8H2. The van der Waals surface area contributed by atoms with Crippen LogP contribution in [-0.2, 0) is 9.59 Å². The fourth-order valence-corrected chi connectivity index (χ4v) is 2.67. The van der Waals surface area contributed by atoms with Crippen LogP contribution in [0, 0.1) is 11.8 Å². The molecule has 82 valence electrons. The Morgan fingerprint density at radius 1 is 1.20 bits per heavy atom. The van der Waals surface area contributed by atoms with E-state index in [1.165, 1.54) is 4.90 Å². The Balaban J connectivity index is 2.10. The summed E-state index contributed by atoms with van der Waals surface area (Å²) in [4.78, 5) is 25.3. The van der Waals surface area contributed by atoms with Crippen LogP contribution in [0.2, 0.25) is 0 Å². The maximum atomic E-state index is 11.9. The lowest BCUT2D eigenvalue weighted by atomic mass is 9.81. The molecular weight excluding hydrogens is 190 g/mol. The van der Waals surface area contributed by atoms with Crippen molar-refractivity contribution in [3.8, 4) is 0 Å². The number of amides is 2. The normalized spacial score (nSPS) is 30.5. The van der Waals surface area contributed by atoms with E-state index in [0.29, 0.717) is 13.0 Å². The summed E-state index contributed by atoms with van der Waals surface area (Å²) in [7, 11) is 0. The number of nitrogens with zero attached hydrogens (tertiary/aromatic N) is 1. The second-order valence-corrected chi connectivity index (χ2v) is 4.40. The third-order valence-electron chi connectivity index (χ3n) is 3.49. The van der Waals surface area contributed by atoms with Crippen molar-refractivity contribution in [2.45, 2.75) is 32.1 Å². The van der Waals surface area contributed by atoms with Crippen molar-refractivity contribution in [2.75, 3.05) is 6.54 Å². The lowest BCUT2D eigenvalue weighted by Crippen LogP contribution is -2.31. The molecule has 1 saturated carbocycles. The minimum absolute atomic E-state index is 0.00364. The fourth-order valence-electron chi connectivity index (χ4n) is 2.67. The molecule has 2 fully saturated rings. The predicted molar refractivity (Wildman–Crippen MR) is 57.0 cm³/mol. The first-order valence-corrected chi connectivity index (χ1v) is 5.72. The van der Waals surface area contributed by atoms with Crippen molar-refractivity contribution in [1.29, 1.82) is 0 Å². The Labute approximate surface area is 90.1 Å². The van der Waals surface area contributed by atoms with E-state index in [4.69, 9.17) is 0 Å². The Hall–Kier alpha value is -1.12. The number of imide groups is 1. The van der Waals surface area contributed by atoms with E-state index in [0.717, 1.165) is 25.7 Å². The van der Waals surface area contributed by atoms with Gasteiger partial charge in [0, 0.05) is 6.54 Å². The third kappa shape index (κ3) is 1.71. The average molecular weight is 207 g/mol. The van der Waals surface area contributed by atoms with E-state index in [2.05, 4.69) is 6.58 Å². The highest BCUT2D eigenvalue weighted by Gasteiger charge is 2.47. The molecule has 1 aliphatic heterocycles. The van der Waals surface area contributed by atoms with E-state index >= 15 is 0 Å². The Morgan fingerprint density at radius 3 is 2.20 bits per heavy atom. The maximum absolute atomic E-state index is 11.9. The molecule has 2 amide bonds. The minimum atomic E-state index is -0.00364. The molecule has 1 aliphatic carbocycles. The summed E-state index contributed by atoms with van der Waals surface area (Å²) in [6.07, 6.45) is 6.45. The van der Waals surface area contributed by atoms with Crippen LogP contribution in [0.15, 0.2) is 12.7 Å². The van der Waals surface area contributed by atoms with E-state index in [9.17, 15) is 9.59 Å². The van der Waals surface area contributed by atoms with Gasteiger partial charge in [0.15, 0.2) is 0 Å². The van der Waals surface area contributed by atoms with Crippen LogP contribution in [0.1, 0.15) is 32.1 Å². The van der Waals surface area contributed by atoms with Gasteiger partial charge in [0.25, 0.3) is 0 Å². The molecule has 3 heteroatoms. The summed E-state index contributed by atoms with van der Waals surface area (Å²) in [6.45, 7) is 4.14. The minimum Gasteiger partial charge on any atom is -0.282 e.